The first-order valence-corrected chi connectivity index (χ1v) is 5.45. The van der Waals surface area contributed by atoms with Crippen LogP contribution in [0.2, 0.25) is 0 Å². The van der Waals surface area contributed by atoms with Gasteiger partial charge in [0.15, 0.2) is 11.5 Å². The Bertz CT molecular complexity index is 562. The van der Waals surface area contributed by atoms with E-state index in [0.717, 1.165) is 11.3 Å². The molecule has 0 spiro atoms. The maximum Gasteiger partial charge on any atom is 0.346 e. The van der Waals surface area contributed by atoms with Crippen LogP contribution in [0.15, 0.2) is 16.0 Å². The highest BCUT2D eigenvalue weighted by atomic mass is 32.1. The van der Waals surface area contributed by atoms with Crippen molar-refractivity contribution >= 4 is 17.3 Å². The molecule has 0 aromatic carbocycles. The normalized spacial score (nSPS) is 11.1. The predicted molar refractivity (Wildman–Crippen MR) is 56.5 cm³/mol. The lowest BCUT2D eigenvalue weighted by Crippen LogP contribution is -1.94. The van der Waals surface area contributed by atoms with Gasteiger partial charge in [0.25, 0.3) is 6.43 Å². The van der Waals surface area contributed by atoms with Crippen LogP contribution < -0.4 is 0 Å². The molecule has 1 N–H and O–H groups in total. The Hall–Kier alpha value is -1.76. The number of thiophene rings is 1. The van der Waals surface area contributed by atoms with Crippen molar-refractivity contribution in [3.63, 3.8) is 0 Å². The minimum atomic E-state index is -2.74. The van der Waals surface area contributed by atoms with Crippen molar-refractivity contribution in [3.05, 3.63) is 27.6 Å². The average molecular weight is 259 g/mol. The molecule has 17 heavy (non-hydrogen) atoms. The van der Waals surface area contributed by atoms with Crippen LogP contribution in [0.25, 0.3) is 11.3 Å². The third-order valence-electron chi connectivity index (χ3n) is 2.27. The molecule has 0 amide bonds. The Morgan fingerprint density at radius 1 is 1.59 bits per heavy atom. The number of aromatic carboxylic acids is 1. The molecule has 7 heteroatoms. The molecule has 2 aromatic heterocycles. The Labute approximate surface area is 98.5 Å². The summed E-state index contributed by atoms with van der Waals surface area (Å²) in [6, 6.07) is 1.51. The van der Waals surface area contributed by atoms with Crippen molar-refractivity contribution in [2.24, 2.45) is 0 Å². The van der Waals surface area contributed by atoms with Gasteiger partial charge in [-0.25, -0.2) is 13.6 Å². The van der Waals surface area contributed by atoms with E-state index in [2.05, 4.69) is 5.16 Å². The van der Waals surface area contributed by atoms with Crippen LogP contribution in [0.4, 0.5) is 8.78 Å². The fourth-order valence-electron chi connectivity index (χ4n) is 1.46. The van der Waals surface area contributed by atoms with E-state index in [1.165, 1.54) is 13.0 Å². The summed E-state index contributed by atoms with van der Waals surface area (Å²) in [5, 5.41) is 13.7. The van der Waals surface area contributed by atoms with Gasteiger partial charge in [0.1, 0.15) is 4.88 Å². The Balaban J connectivity index is 2.54. The average Bonchev–Trinajstić information content (AvgIpc) is 2.82. The summed E-state index contributed by atoms with van der Waals surface area (Å²) in [5.74, 6) is -1.04. The number of carbonyl (C=O) groups is 1. The van der Waals surface area contributed by atoms with Crippen molar-refractivity contribution < 1.29 is 23.2 Å². The van der Waals surface area contributed by atoms with Crippen molar-refractivity contribution in [1.29, 1.82) is 0 Å². The van der Waals surface area contributed by atoms with Crippen LogP contribution in [0.3, 0.4) is 0 Å². The summed E-state index contributed by atoms with van der Waals surface area (Å²) in [6.45, 7) is 1.43. The first-order valence-electron chi connectivity index (χ1n) is 4.57. The molecule has 0 aliphatic heterocycles. The minimum absolute atomic E-state index is 0.0464. The predicted octanol–water partition coefficient (Wildman–Crippen LogP) is 3.35. The number of halogens is 2. The molecule has 90 valence electrons. The van der Waals surface area contributed by atoms with Gasteiger partial charge in [0, 0.05) is 11.1 Å². The zero-order valence-electron chi connectivity index (χ0n) is 8.61. The molecule has 0 aliphatic carbocycles. The van der Waals surface area contributed by atoms with Crippen molar-refractivity contribution in [2.75, 3.05) is 0 Å². The molecule has 2 rings (SSSR count). The van der Waals surface area contributed by atoms with Gasteiger partial charge in [-0.05, 0) is 18.4 Å². The molecule has 2 aromatic rings. The van der Waals surface area contributed by atoms with Crippen LogP contribution >= 0.6 is 11.3 Å². The van der Waals surface area contributed by atoms with E-state index < -0.39 is 18.1 Å². The van der Waals surface area contributed by atoms with Crippen molar-refractivity contribution in [1.82, 2.24) is 5.16 Å². The molecule has 0 unspecified atom stereocenters. The highest BCUT2D eigenvalue weighted by molar-refractivity contribution is 7.12. The van der Waals surface area contributed by atoms with Gasteiger partial charge in [0.2, 0.25) is 0 Å². The van der Waals surface area contributed by atoms with Gasteiger partial charge < -0.3 is 9.63 Å². The highest BCUT2D eigenvalue weighted by Crippen LogP contribution is 2.34. The smallest absolute Gasteiger partial charge is 0.346 e. The van der Waals surface area contributed by atoms with Gasteiger partial charge in [-0.1, -0.05) is 5.16 Å². The minimum Gasteiger partial charge on any atom is -0.477 e. The molecule has 0 aliphatic rings. The Morgan fingerprint density at radius 3 is 2.82 bits per heavy atom. The third kappa shape index (κ3) is 1.93. The van der Waals surface area contributed by atoms with Crippen LogP contribution in [0.5, 0.6) is 0 Å². The Morgan fingerprint density at radius 2 is 2.29 bits per heavy atom. The van der Waals surface area contributed by atoms with Crippen molar-refractivity contribution in [3.8, 4) is 11.3 Å². The SMILES string of the molecule is Cc1c(C(F)F)noc1-c1ccsc1C(=O)O. The fraction of sp³-hybridized carbons (Fsp3) is 0.200. The van der Waals surface area contributed by atoms with Gasteiger partial charge in [-0.2, -0.15) is 0 Å². The number of hydrogen-bond donors (Lipinski definition) is 1. The van der Waals surface area contributed by atoms with Gasteiger partial charge in [-0.3, -0.25) is 0 Å². The van der Waals surface area contributed by atoms with Crippen LogP contribution in [0.1, 0.15) is 27.4 Å². The summed E-state index contributed by atoms with van der Waals surface area (Å²) in [7, 11) is 0. The van der Waals surface area contributed by atoms with Gasteiger partial charge in [0.05, 0.1) is 0 Å². The summed E-state index contributed by atoms with van der Waals surface area (Å²) in [5.41, 5.74) is -0.0113. The molecule has 0 radical (unpaired) electrons. The van der Waals surface area contributed by atoms with E-state index in [0.29, 0.717) is 0 Å². The number of aromatic nitrogens is 1. The first-order chi connectivity index (χ1) is 8.02. The van der Waals surface area contributed by atoms with Crippen LogP contribution in [-0.4, -0.2) is 16.2 Å². The maximum atomic E-state index is 12.5. The number of carboxylic acids is 1. The number of rotatable bonds is 3. The molecule has 0 saturated carbocycles. The second-order valence-corrected chi connectivity index (χ2v) is 4.21. The van der Waals surface area contributed by atoms with E-state index in [-0.39, 0.29) is 21.8 Å². The molecule has 2 heterocycles. The maximum absolute atomic E-state index is 12.5. The summed E-state index contributed by atoms with van der Waals surface area (Å²) < 4.78 is 29.8. The third-order valence-corrected chi connectivity index (χ3v) is 3.17. The van der Waals surface area contributed by atoms with Gasteiger partial charge >= 0.3 is 5.97 Å². The molecular formula is C10H7F2NO3S. The second-order valence-electron chi connectivity index (χ2n) is 3.29. The fourth-order valence-corrected chi connectivity index (χ4v) is 2.19. The quantitative estimate of drug-likeness (QED) is 0.918. The second kappa shape index (κ2) is 4.25. The van der Waals surface area contributed by atoms with E-state index in [9.17, 15) is 13.6 Å². The number of alkyl halides is 2. The molecule has 0 fully saturated rings. The molecule has 0 atom stereocenters. The van der Waals surface area contributed by atoms with E-state index in [1.807, 2.05) is 0 Å². The lowest BCUT2D eigenvalue weighted by atomic mass is 10.1. The molecule has 0 bridgehead atoms. The molecule has 0 saturated heterocycles. The topological polar surface area (TPSA) is 63.3 Å². The number of hydrogen-bond acceptors (Lipinski definition) is 4. The largest absolute Gasteiger partial charge is 0.477 e. The van der Waals surface area contributed by atoms with E-state index in [4.69, 9.17) is 9.63 Å². The lowest BCUT2D eigenvalue weighted by molar-refractivity contribution is 0.0702. The van der Waals surface area contributed by atoms with Crippen molar-refractivity contribution in [2.45, 2.75) is 13.3 Å². The highest BCUT2D eigenvalue weighted by Gasteiger charge is 2.24. The lowest BCUT2D eigenvalue weighted by Gasteiger charge is -1.97. The number of carboxylic acid groups (broad SMARTS) is 1. The van der Waals surface area contributed by atoms with Gasteiger partial charge in [-0.15, -0.1) is 11.3 Å². The van der Waals surface area contributed by atoms with Crippen LogP contribution in [0, 0.1) is 6.92 Å². The zero-order valence-corrected chi connectivity index (χ0v) is 9.42. The number of nitrogens with zero attached hydrogens (tertiary/aromatic N) is 1. The Kier molecular flexibility index (Phi) is 2.93. The molecule has 4 nitrogen and oxygen atoms in total. The zero-order chi connectivity index (χ0) is 12.6. The summed E-state index contributed by atoms with van der Waals surface area (Å²) in [6.07, 6.45) is -2.74. The first kappa shape index (κ1) is 11.7. The molecular weight excluding hydrogens is 252 g/mol. The van der Waals surface area contributed by atoms with E-state index >= 15 is 0 Å². The summed E-state index contributed by atoms with van der Waals surface area (Å²) >= 11 is 1.00. The summed E-state index contributed by atoms with van der Waals surface area (Å²) in [4.78, 5) is 11.0. The van der Waals surface area contributed by atoms with E-state index in [1.54, 1.807) is 5.38 Å². The standard InChI is InChI=1S/C10H7F2NO3S/c1-4-6(9(11)12)13-16-7(4)5-2-3-17-8(5)10(14)15/h2-3,9H,1H3,(H,14,15). The van der Waals surface area contributed by atoms with Crippen LogP contribution in [-0.2, 0) is 0 Å². The monoisotopic (exact) mass is 259 g/mol.